The summed E-state index contributed by atoms with van der Waals surface area (Å²) in [6.07, 6.45) is -0.972. The van der Waals surface area contributed by atoms with Crippen LogP contribution in [0.3, 0.4) is 0 Å². The molecule has 0 aliphatic heterocycles. The number of hydrogen-bond acceptors (Lipinski definition) is 5. The first-order valence-electron chi connectivity index (χ1n) is 9.10. The van der Waals surface area contributed by atoms with Crippen LogP contribution in [0.4, 0.5) is 5.69 Å². The van der Waals surface area contributed by atoms with Crippen LogP contribution in [0.1, 0.15) is 38.1 Å². The van der Waals surface area contributed by atoms with E-state index in [1.54, 1.807) is 48.5 Å². The van der Waals surface area contributed by atoms with E-state index in [1.165, 1.54) is 6.92 Å². The molecule has 0 aliphatic rings. The predicted octanol–water partition coefficient (Wildman–Crippen LogP) is 4.52. The van der Waals surface area contributed by atoms with Crippen molar-refractivity contribution >= 4 is 34.9 Å². The topological polar surface area (TPSA) is 81.7 Å². The predicted molar refractivity (Wildman–Crippen MR) is 111 cm³/mol. The maximum Gasteiger partial charge on any atom is 0.344 e. The molecule has 0 heterocycles. The molecular weight excluding hydrogens is 394 g/mol. The van der Waals surface area contributed by atoms with Crippen LogP contribution >= 0.6 is 11.6 Å². The minimum Gasteiger partial charge on any atom is -0.482 e. The molecule has 0 aromatic heterocycles. The third-order valence-electron chi connectivity index (χ3n) is 3.94. The summed E-state index contributed by atoms with van der Waals surface area (Å²) in [7, 11) is 0. The number of Topliss-reactive ketones (excluding diaryl/α,β-unsaturated/α-hetero) is 1. The molecule has 6 nitrogen and oxygen atoms in total. The zero-order valence-corrected chi connectivity index (χ0v) is 17.6. The Bertz CT molecular complexity index is 887. The second-order valence-electron chi connectivity index (χ2n) is 7.52. The first kappa shape index (κ1) is 22.4. The van der Waals surface area contributed by atoms with Crippen molar-refractivity contribution < 1.29 is 23.9 Å². The number of esters is 1. The fourth-order valence-corrected chi connectivity index (χ4v) is 2.44. The smallest absolute Gasteiger partial charge is 0.344 e. The average molecular weight is 418 g/mol. The zero-order valence-electron chi connectivity index (χ0n) is 16.8. The Kier molecular flexibility index (Phi) is 7.40. The van der Waals surface area contributed by atoms with E-state index in [0.29, 0.717) is 22.0 Å². The van der Waals surface area contributed by atoms with Gasteiger partial charge in [-0.1, -0.05) is 38.4 Å². The average Bonchev–Trinajstić information content (AvgIpc) is 2.65. The Morgan fingerprint density at radius 1 is 1.07 bits per heavy atom. The fourth-order valence-electron chi connectivity index (χ4n) is 2.25. The summed E-state index contributed by atoms with van der Waals surface area (Å²) in [4.78, 5) is 36.4. The highest BCUT2D eigenvalue weighted by Gasteiger charge is 2.22. The van der Waals surface area contributed by atoms with Gasteiger partial charge >= 0.3 is 5.97 Å². The molecule has 2 aromatic rings. The number of ether oxygens (including phenoxy) is 2. The Hall–Kier alpha value is -2.86. The van der Waals surface area contributed by atoms with Crippen LogP contribution in [0.15, 0.2) is 48.5 Å². The molecule has 29 heavy (non-hydrogen) atoms. The van der Waals surface area contributed by atoms with Gasteiger partial charge in [-0.2, -0.15) is 0 Å². The second-order valence-corrected chi connectivity index (χ2v) is 7.96. The number of halogens is 1. The Morgan fingerprint density at radius 3 is 2.31 bits per heavy atom. The normalized spacial score (nSPS) is 12.0. The molecule has 2 rings (SSSR count). The van der Waals surface area contributed by atoms with E-state index < -0.39 is 17.5 Å². The summed E-state index contributed by atoms with van der Waals surface area (Å²) >= 11 is 5.85. The van der Waals surface area contributed by atoms with Crippen LogP contribution in [0, 0.1) is 5.41 Å². The Labute approximate surface area is 175 Å². The van der Waals surface area contributed by atoms with Gasteiger partial charge in [-0.15, -0.1) is 0 Å². The number of rotatable bonds is 7. The molecule has 1 amide bonds. The quantitative estimate of drug-likeness (QED) is 0.529. The second kappa shape index (κ2) is 9.56. The molecule has 1 N–H and O–H groups in total. The molecule has 0 fully saturated rings. The molecule has 0 saturated heterocycles. The molecule has 7 heteroatoms. The van der Waals surface area contributed by atoms with Crippen molar-refractivity contribution in [1.82, 2.24) is 0 Å². The van der Waals surface area contributed by atoms with Crippen molar-refractivity contribution in [3.63, 3.8) is 0 Å². The molecule has 0 radical (unpaired) electrons. The summed E-state index contributed by atoms with van der Waals surface area (Å²) in [5, 5.41) is 3.27. The monoisotopic (exact) mass is 417 g/mol. The van der Waals surface area contributed by atoms with E-state index in [0.717, 1.165) is 0 Å². The number of carbonyl (C=O) groups excluding carboxylic acids is 3. The lowest BCUT2D eigenvalue weighted by Crippen LogP contribution is -2.28. The molecule has 0 bridgehead atoms. The highest BCUT2D eigenvalue weighted by Crippen LogP contribution is 2.19. The van der Waals surface area contributed by atoms with Crippen molar-refractivity contribution in [2.24, 2.45) is 5.41 Å². The number of nitrogens with one attached hydrogen (secondary N) is 1. The van der Waals surface area contributed by atoms with Gasteiger partial charge in [0.25, 0.3) is 0 Å². The SMILES string of the molecule is C[C@H](OC(=O)COc1cccc(Cl)c1)C(=O)c1ccc(NC(=O)C(C)(C)C)cc1. The van der Waals surface area contributed by atoms with E-state index in [2.05, 4.69) is 5.32 Å². The molecule has 0 unspecified atom stereocenters. The maximum atomic E-state index is 12.5. The molecule has 2 aromatic carbocycles. The van der Waals surface area contributed by atoms with Crippen molar-refractivity contribution in [2.75, 3.05) is 11.9 Å². The van der Waals surface area contributed by atoms with E-state index in [1.807, 2.05) is 20.8 Å². The maximum absolute atomic E-state index is 12.5. The molecule has 154 valence electrons. The number of amides is 1. The van der Waals surface area contributed by atoms with Crippen molar-refractivity contribution in [3.05, 3.63) is 59.1 Å². The lowest BCUT2D eigenvalue weighted by Gasteiger charge is -2.18. The molecule has 0 aliphatic carbocycles. The van der Waals surface area contributed by atoms with E-state index in [4.69, 9.17) is 21.1 Å². The highest BCUT2D eigenvalue weighted by atomic mass is 35.5. The molecule has 0 saturated carbocycles. The van der Waals surface area contributed by atoms with Crippen LogP contribution in [-0.4, -0.2) is 30.4 Å². The summed E-state index contributed by atoms with van der Waals surface area (Å²) in [6.45, 7) is 6.59. The van der Waals surface area contributed by atoms with Crippen LogP contribution < -0.4 is 10.1 Å². The van der Waals surface area contributed by atoms with Crippen molar-refractivity contribution in [2.45, 2.75) is 33.8 Å². The first-order valence-corrected chi connectivity index (χ1v) is 9.47. The van der Waals surface area contributed by atoms with Gasteiger partial charge in [0.1, 0.15) is 5.75 Å². The number of carbonyl (C=O) groups is 3. The standard InChI is InChI=1S/C22H24ClNO5/c1-14(29-19(25)13-28-18-7-5-6-16(23)12-18)20(26)15-8-10-17(11-9-15)24-21(27)22(2,3)4/h5-12,14H,13H2,1-4H3,(H,24,27)/t14-/m0/s1. The summed E-state index contributed by atoms with van der Waals surface area (Å²) in [5.74, 6) is -0.713. The fraction of sp³-hybridized carbons (Fsp3) is 0.318. The van der Waals surface area contributed by atoms with E-state index >= 15 is 0 Å². The third-order valence-corrected chi connectivity index (χ3v) is 4.17. The minimum absolute atomic E-state index is 0.126. The number of hydrogen-bond donors (Lipinski definition) is 1. The van der Waals surface area contributed by atoms with Crippen molar-refractivity contribution in [3.8, 4) is 5.75 Å². The summed E-state index contributed by atoms with van der Waals surface area (Å²) < 4.78 is 10.4. The number of benzene rings is 2. The summed E-state index contributed by atoms with van der Waals surface area (Å²) in [5.41, 5.74) is 0.431. The van der Waals surface area contributed by atoms with Gasteiger partial charge in [0, 0.05) is 21.7 Å². The van der Waals surface area contributed by atoms with Crippen LogP contribution in [0.2, 0.25) is 5.02 Å². The number of ketones is 1. The molecule has 1 atom stereocenters. The Morgan fingerprint density at radius 2 is 1.72 bits per heavy atom. The van der Waals surface area contributed by atoms with Gasteiger partial charge in [-0.3, -0.25) is 9.59 Å². The highest BCUT2D eigenvalue weighted by molar-refractivity contribution is 6.30. The zero-order chi connectivity index (χ0) is 21.6. The minimum atomic E-state index is -0.972. The first-order chi connectivity index (χ1) is 13.6. The number of anilines is 1. The van der Waals surface area contributed by atoms with Crippen LogP contribution in [0.5, 0.6) is 5.75 Å². The summed E-state index contributed by atoms with van der Waals surface area (Å²) in [6, 6.07) is 13.0. The third kappa shape index (κ3) is 6.91. The van der Waals surface area contributed by atoms with Crippen LogP contribution in [0.25, 0.3) is 0 Å². The van der Waals surface area contributed by atoms with E-state index in [9.17, 15) is 14.4 Å². The van der Waals surface area contributed by atoms with Crippen LogP contribution in [-0.2, 0) is 14.3 Å². The van der Waals surface area contributed by atoms with Gasteiger partial charge in [0.2, 0.25) is 11.7 Å². The van der Waals surface area contributed by atoms with Gasteiger partial charge in [0.05, 0.1) is 0 Å². The van der Waals surface area contributed by atoms with Crippen molar-refractivity contribution in [1.29, 1.82) is 0 Å². The lowest BCUT2D eigenvalue weighted by molar-refractivity contribution is -0.148. The molecular formula is C22H24ClNO5. The van der Waals surface area contributed by atoms with Gasteiger partial charge in [-0.05, 0) is 49.4 Å². The Balaban J connectivity index is 1.88. The van der Waals surface area contributed by atoms with Gasteiger partial charge in [-0.25, -0.2) is 4.79 Å². The van der Waals surface area contributed by atoms with Gasteiger partial charge in [0.15, 0.2) is 12.7 Å². The van der Waals surface area contributed by atoms with Gasteiger partial charge < -0.3 is 14.8 Å². The lowest BCUT2D eigenvalue weighted by atomic mass is 9.95. The molecule has 0 spiro atoms. The largest absolute Gasteiger partial charge is 0.482 e. The van der Waals surface area contributed by atoms with E-state index in [-0.39, 0.29) is 18.3 Å².